The van der Waals surface area contributed by atoms with Crippen molar-refractivity contribution < 1.29 is 14.3 Å². The summed E-state index contributed by atoms with van der Waals surface area (Å²) in [5, 5.41) is 6.54. The van der Waals surface area contributed by atoms with Crippen molar-refractivity contribution >= 4 is 17.6 Å². The van der Waals surface area contributed by atoms with E-state index in [1.165, 1.54) is 24.1 Å². The minimum absolute atomic E-state index is 0.0912. The lowest BCUT2D eigenvalue weighted by atomic mass is 10.3. The molecule has 2 aromatic rings. The number of pyridine rings is 1. The van der Waals surface area contributed by atoms with Crippen LogP contribution in [0.3, 0.4) is 0 Å². The summed E-state index contributed by atoms with van der Waals surface area (Å²) in [6.45, 7) is 0. The standard InChI is InChI=1S/C12H14N6O3/c1-18-6-7(12(17-18)21-2)10(19)15-9-5-3-4-8(14-9)11(20)16-13/h3-6H,13H2,1-2H3,(H,16,20)(H,14,15,19). The Morgan fingerprint density at radius 2 is 2.10 bits per heavy atom. The van der Waals surface area contributed by atoms with Crippen LogP contribution in [0.4, 0.5) is 5.82 Å². The lowest BCUT2D eigenvalue weighted by molar-refractivity contribution is 0.0947. The molecule has 0 aromatic carbocycles. The maximum absolute atomic E-state index is 12.1. The van der Waals surface area contributed by atoms with Gasteiger partial charge in [-0.2, -0.15) is 0 Å². The van der Waals surface area contributed by atoms with Crippen LogP contribution in [0.1, 0.15) is 20.8 Å². The summed E-state index contributed by atoms with van der Waals surface area (Å²) < 4.78 is 6.47. The number of nitrogens with two attached hydrogens (primary N) is 1. The highest BCUT2D eigenvalue weighted by molar-refractivity contribution is 6.05. The Kier molecular flexibility index (Phi) is 4.14. The number of aromatic nitrogens is 3. The second kappa shape index (κ2) is 6.01. The van der Waals surface area contributed by atoms with Gasteiger partial charge in [-0.25, -0.2) is 10.8 Å². The van der Waals surface area contributed by atoms with Crippen LogP contribution in [0.15, 0.2) is 24.4 Å². The summed E-state index contributed by atoms with van der Waals surface area (Å²) in [7, 11) is 3.09. The van der Waals surface area contributed by atoms with Crippen molar-refractivity contribution in [3.05, 3.63) is 35.7 Å². The molecule has 0 spiro atoms. The molecule has 9 nitrogen and oxygen atoms in total. The fourth-order valence-electron chi connectivity index (χ4n) is 1.66. The van der Waals surface area contributed by atoms with Crippen LogP contribution in [-0.4, -0.2) is 33.7 Å². The Labute approximate surface area is 120 Å². The molecule has 0 unspecified atom stereocenters. The molecule has 0 aliphatic heterocycles. The summed E-state index contributed by atoms with van der Waals surface area (Å²) in [6.07, 6.45) is 1.52. The molecule has 2 rings (SSSR count). The molecule has 2 heterocycles. The monoisotopic (exact) mass is 290 g/mol. The van der Waals surface area contributed by atoms with Crippen LogP contribution in [0, 0.1) is 0 Å². The Bertz CT molecular complexity index is 681. The average molecular weight is 290 g/mol. The van der Waals surface area contributed by atoms with E-state index in [1.807, 2.05) is 5.43 Å². The zero-order valence-corrected chi connectivity index (χ0v) is 11.5. The SMILES string of the molecule is COc1nn(C)cc1C(=O)Nc1cccc(C(=O)NN)n1. The summed E-state index contributed by atoms with van der Waals surface area (Å²) in [5.41, 5.74) is 2.32. The number of aryl methyl sites for hydroxylation is 1. The number of hydrogen-bond acceptors (Lipinski definition) is 6. The van der Waals surface area contributed by atoms with Crippen LogP contribution in [0.2, 0.25) is 0 Å². The smallest absolute Gasteiger partial charge is 0.283 e. The Balaban J connectivity index is 2.21. The molecule has 2 amide bonds. The first-order valence-electron chi connectivity index (χ1n) is 5.92. The molecule has 4 N–H and O–H groups in total. The van der Waals surface area contributed by atoms with Crippen LogP contribution in [0.25, 0.3) is 0 Å². The van der Waals surface area contributed by atoms with E-state index in [0.717, 1.165) is 0 Å². The number of amides is 2. The first kappa shape index (κ1) is 14.5. The molecule has 0 saturated carbocycles. The number of carbonyl (C=O) groups is 2. The van der Waals surface area contributed by atoms with Gasteiger partial charge in [-0.05, 0) is 12.1 Å². The van der Waals surface area contributed by atoms with E-state index in [2.05, 4.69) is 15.4 Å². The lowest BCUT2D eigenvalue weighted by Crippen LogP contribution is -2.30. The molecule has 0 fully saturated rings. The van der Waals surface area contributed by atoms with Gasteiger partial charge in [0.2, 0.25) is 5.88 Å². The molecular weight excluding hydrogens is 276 g/mol. The summed E-state index contributed by atoms with van der Waals surface area (Å²) in [5.74, 6) is 4.45. The molecule has 0 saturated heterocycles. The number of rotatable bonds is 4. The van der Waals surface area contributed by atoms with Gasteiger partial charge < -0.3 is 10.1 Å². The quantitative estimate of drug-likeness (QED) is 0.403. The van der Waals surface area contributed by atoms with Crippen LogP contribution < -0.4 is 21.3 Å². The highest BCUT2D eigenvalue weighted by Gasteiger charge is 2.17. The molecule has 9 heteroatoms. The number of anilines is 1. The Hall–Kier alpha value is -2.94. The van der Waals surface area contributed by atoms with Gasteiger partial charge in [0.05, 0.1) is 7.11 Å². The predicted molar refractivity (Wildman–Crippen MR) is 73.6 cm³/mol. The zero-order chi connectivity index (χ0) is 15.4. The van der Waals surface area contributed by atoms with Gasteiger partial charge in [0.25, 0.3) is 11.8 Å². The van der Waals surface area contributed by atoms with Crippen LogP contribution in [0.5, 0.6) is 5.88 Å². The number of carbonyl (C=O) groups excluding carboxylic acids is 2. The van der Waals surface area contributed by atoms with E-state index in [-0.39, 0.29) is 23.0 Å². The van der Waals surface area contributed by atoms with E-state index >= 15 is 0 Å². The van der Waals surface area contributed by atoms with E-state index in [9.17, 15) is 9.59 Å². The van der Waals surface area contributed by atoms with Gasteiger partial charge >= 0.3 is 0 Å². The van der Waals surface area contributed by atoms with Gasteiger partial charge in [-0.3, -0.25) is 19.7 Å². The lowest BCUT2D eigenvalue weighted by Gasteiger charge is -2.05. The van der Waals surface area contributed by atoms with Crippen molar-refractivity contribution in [3.8, 4) is 5.88 Å². The van der Waals surface area contributed by atoms with Crippen molar-refractivity contribution in [1.29, 1.82) is 0 Å². The Morgan fingerprint density at radius 3 is 2.76 bits per heavy atom. The van der Waals surface area contributed by atoms with Crippen molar-refractivity contribution in [3.63, 3.8) is 0 Å². The van der Waals surface area contributed by atoms with Gasteiger partial charge in [0.1, 0.15) is 17.1 Å². The largest absolute Gasteiger partial charge is 0.479 e. The summed E-state index contributed by atoms with van der Waals surface area (Å²) in [4.78, 5) is 27.5. The number of hydrazine groups is 1. The van der Waals surface area contributed by atoms with E-state index in [1.54, 1.807) is 19.2 Å². The fourth-order valence-corrected chi connectivity index (χ4v) is 1.66. The minimum atomic E-state index is -0.551. The van der Waals surface area contributed by atoms with Crippen LogP contribution >= 0.6 is 0 Å². The number of nitrogen functional groups attached to an aromatic ring is 1. The Morgan fingerprint density at radius 1 is 1.33 bits per heavy atom. The predicted octanol–water partition coefficient (Wildman–Crippen LogP) is -0.320. The first-order chi connectivity index (χ1) is 10.0. The van der Waals surface area contributed by atoms with Gasteiger partial charge in [-0.15, -0.1) is 5.10 Å². The molecule has 0 aliphatic carbocycles. The maximum Gasteiger partial charge on any atom is 0.283 e. The third-order valence-corrected chi connectivity index (χ3v) is 2.59. The molecule has 0 aliphatic rings. The molecular formula is C12H14N6O3. The molecule has 2 aromatic heterocycles. The number of hydrogen-bond donors (Lipinski definition) is 3. The normalized spacial score (nSPS) is 10.0. The topological polar surface area (TPSA) is 124 Å². The highest BCUT2D eigenvalue weighted by Crippen LogP contribution is 2.16. The molecule has 0 radical (unpaired) electrons. The van der Waals surface area contributed by atoms with Gasteiger partial charge in [-0.1, -0.05) is 6.07 Å². The van der Waals surface area contributed by atoms with Crippen molar-refractivity contribution in [1.82, 2.24) is 20.2 Å². The summed E-state index contributed by atoms with van der Waals surface area (Å²) >= 11 is 0. The molecule has 0 atom stereocenters. The van der Waals surface area contributed by atoms with E-state index in [0.29, 0.717) is 0 Å². The van der Waals surface area contributed by atoms with E-state index < -0.39 is 11.8 Å². The van der Waals surface area contributed by atoms with Crippen LogP contribution in [-0.2, 0) is 7.05 Å². The van der Waals surface area contributed by atoms with Crippen molar-refractivity contribution in [2.75, 3.05) is 12.4 Å². The molecule has 21 heavy (non-hydrogen) atoms. The second-order valence-electron chi connectivity index (χ2n) is 4.06. The number of ether oxygens (including phenoxy) is 1. The van der Waals surface area contributed by atoms with E-state index in [4.69, 9.17) is 10.6 Å². The highest BCUT2D eigenvalue weighted by atomic mass is 16.5. The molecule has 110 valence electrons. The average Bonchev–Trinajstić information content (AvgIpc) is 2.88. The minimum Gasteiger partial charge on any atom is -0.479 e. The second-order valence-corrected chi connectivity index (χ2v) is 4.06. The maximum atomic E-state index is 12.1. The number of nitrogens with one attached hydrogen (secondary N) is 2. The third-order valence-electron chi connectivity index (χ3n) is 2.59. The van der Waals surface area contributed by atoms with Gasteiger partial charge in [0, 0.05) is 13.2 Å². The fraction of sp³-hybridized carbons (Fsp3) is 0.167. The first-order valence-corrected chi connectivity index (χ1v) is 5.92. The number of methoxy groups -OCH3 is 1. The van der Waals surface area contributed by atoms with Crippen molar-refractivity contribution in [2.24, 2.45) is 12.9 Å². The molecule has 0 bridgehead atoms. The van der Waals surface area contributed by atoms with Crippen molar-refractivity contribution in [2.45, 2.75) is 0 Å². The third kappa shape index (κ3) is 3.15. The number of nitrogens with zero attached hydrogens (tertiary/aromatic N) is 3. The summed E-state index contributed by atoms with van der Waals surface area (Å²) in [6, 6.07) is 4.60. The zero-order valence-electron chi connectivity index (χ0n) is 11.5. The van der Waals surface area contributed by atoms with Gasteiger partial charge in [0.15, 0.2) is 0 Å².